The Labute approximate surface area is 131 Å². The Hall–Kier alpha value is -0.800. The molecule has 0 saturated carbocycles. The lowest BCUT2D eigenvalue weighted by atomic mass is 10.1. The largest absolute Gasteiger partial charge is 0.390 e. The van der Waals surface area contributed by atoms with Crippen LogP contribution in [0.3, 0.4) is 0 Å². The van der Waals surface area contributed by atoms with Crippen molar-refractivity contribution in [1.82, 2.24) is 5.32 Å². The van der Waals surface area contributed by atoms with E-state index in [1.54, 1.807) is 0 Å². The predicted molar refractivity (Wildman–Crippen MR) is 90.6 cm³/mol. The van der Waals surface area contributed by atoms with Crippen molar-refractivity contribution in [2.24, 2.45) is 0 Å². The molecule has 0 amide bonds. The fourth-order valence-corrected chi connectivity index (χ4v) is 3.31. The number of unbranched alkanes of at least 4 members (excludes halogenated alkanes) is 7. The van der Waals surface area contributed by atoms with Crippen molar-refractivity contribution in [3.8, 4) is 0 Å². The monoisotopic (exact) mass is 295 g/mol. The highest BCUT2D eigenvalue weighted by Gasteiger charge is 2.35. The maximum absolute atomic E-state index is 9.29. The van der Waals surface area contributed by atoms with Gasteiger partial charge in [-0.25, -0.2) is 0 Å². The predicted octanol–water partition coefficient (Wildman–Crippen LogP) is 3.91. The van der Waals surface area contributed by atoms with E-state index >= 15 is 0 Å². The third-order valence-electron chi connectivity index (χ3n) is 4.77. The van der Waals surface area contributed by atoms with Gasteiger partial charge in [0.1, 0.15) is 12.7 Å². The van der Waals surface area contributed by atoms with E-state index in [0.29, 0.717) is 6.17 Å². The van der Waals surface area contributed by atoms with E-state index < -0.39 is 0 Å². The van der Waals surface area contributed by atoms with Crippen molar-refractivity contribution in [3.63, 3.8) is 0 Å². The lowest BCUT2D eigenvalue weighted by Crippen LogP contribution is -2.54. The van der Waals surface area contributed by atoms with Crippen molar-refractivity contribution in [2.45, 2.75) is 70.9 Å². The molecule has 0 fully saturated rings. The summed E-state index contributed by atoms with van der Waals surface area (Å²) < 4.78 is 0.901. The average molecular weight is 295 g/mol. The van der Waals surface area contributed by atoms with Crippen LogP contribution >= 0.6 is 0 Å². The summed E-state index contributed by atoms with van der Waals surface area (Å²) in [7, 11) is 0. The smallest absolute Gasteiger partial charge is 0.166 e. The van der Waals surface area contributed by atoms with E-state index in [1.165, 1.54) is 57.8 Å². The molecule has 0 radical (unpaired) electrons. The average Bonchev–Trinajstić information content (AvgIpc) is 2.89. The van der Waals surface area contributed by atoms with Gasteiger partial charge in [-0.05, 0) is 26.2 Å². The maximum Gasteiger partial charge on any atom is 0.166 e. The fraction of sp³-hybridized carbons (Fsp3) is 0.778. The normalized spacial score (nSPS) is 24.2. The van der Waals surface area contributed by atoms with Crippen LogP contribution in [0.4, 0.5) is 0 Å². The molecule has 1 heterocycles. The van der Waals surface area contributed by atoms with Gasteiger partial charge >= 0.3 is 0 Å². The second-order valence-corrected chi connectivity index (χ2v) is 6.21. The summed E-state index contributed by atoms with van der Waals surface area (Å²) in [5, 5.41) is 12.8. The molecule has 0 saturated heterocycles. The summed E-state index contributed by atoms with van der Waals surface area (Å²) in [5.74, 6) is 0. The van der Waals surface area contributed by atoms with Gasteiger partial charge in [0.15, 0.2) is 6.17 Å². The van der Waals surface area contributed by atoms with Gasteiger partial charge in [-0.15, -0.1) is 6.58 Å². The third kappa shape index (κ3) is 6.23. The zero-order valence-corrected chi connectivity index (χ0v) is 13.9. The van der Waals surface area contributed by atoms with Gasteiger partial charge in [-0.3, -0.25) is 4.48 Å². The summed E-state index contributed by atoms with van der Waals surface area (Å²) in [6, 6.07) is 0. The van der Waals surface area contributed by atoms with Crippen molar-refractivity contribution < 1.29 is 9.59 Å². The minimum absolute atomic E-state index is 0.265. The Morgan fingerprint density at radius 2 is 1.81 bits per heavy atom. The Bertz CT molecular complexity index is 304. The summed E-state index contributed by atoms with van der Waals surface area (Å²) in [5.41, 5.74) is 0. The number of likely N-dealkylation sites (N-methyl/N-ethyl adjacent to an activating group) is 1. The van der Waals surface area contributed by atoms with Gasteiger partial charge in [0, 0.05) is 6.42 Å². The van der Waals surface area contributed by atoms with E-state index in [0.717, 1.165) is 17.6 Å². The lowest BCUT2D eigenvalue weighted by molar-refractivity contribution is -0.900. The molecule has 3 nitrogen and oxygen atoms in total. The SMILES string of the molecule is C=CCCCCCCCCCC1NC=C[N+]1(CC)CCO. The topological polar surface area (TPSA) is 32.3 Å². The molecule has 1 aliphatic heterocycles. The van der Waals surface area contributed by atoms with Crippen LogP contribution in [-0.2, 0) is 0 Å². The van der Waals surface area contributed by atoms with Crippen molar-refractivity contribution in [3.05, 3.63) is 25.1 Å². The highest BCUT2D eigenvalue weighted by Crippen LogP contribution is 2.22. The van der Waals surface area contributed by atoms with Crippen molar-refractivity contribution in [1.29, 1.82) is 0 Å². The number of aliphatic hydroxyl groups excluding tert-OH is 1. The molecule has 0 aromatic rings. The molecule has 3 heteroatoms. The lowest BCUT2D eigenvalue weighted by Gasteiger charge is -2.36. The molecule has 1 aliphatic rings. The molecule has 1 rings (SSSR count). The van der Waals surface area contributed by atoms with Gasteiger partial charge < -0.3 is 10.4 Å². The number of hydrogen-bond donors (Lipinski definition) is 2. The Kier molecular flexibility index (Phi) is 9.44. The molecular formula is C18H35N2O+. The molecule has 21 heavy (non-hydrogen) atoms. The summed E-state index contributed by atoms with van der Waals surface area (Å²) in [6.07, 6.45) is 18.5. The van der Waals surface area contributed by atoms with Crippen molar-refractivity contribution >= 4 is 0 Å². The number of aliphatic hydroxyl groups is 1. The van der Waals surface area contributed by atoms with E-state index in [-0.39, 0.29) is 6.61 Å². The summed E-state index contributed by atoms with van der Waals surface area (Å²) in [4.78, 5) is 0. The van der Waals surface area contributed by atoms with Gasteiger partial charge in [0.05, 0.1) is 19.4 Å². The molecular weight excluding hydrogens is 260 g/mol. The molecule has 0 aromatic heterocycles. The quantitative estimate of drug-likeness (QED) is 0.307. The second-order valence-electron chi connectivity index (χ2n) is 6.21. The molecule has 2 atom stereocenters. The number of nitrogens with zero attached hydrogens (tertiary/aromatic N) is 1. The molecule has 0 aromatic carbocycles. The zero-order valence-electron chi connectivity index (χ0n) is 13.9. The van der Waals surface area contributed by atoms with Crippen LogP contribution in [0.5, 0.6) is 0 Å². The van der Waals surface area contributed by atoms with E-state index in [4.69, 9.17) is 0 Å². The summed E-state index contributed by atoms with van der Waals surface area (Å²) in [6.45, 7) is 8.12. The Morgan fingerprint density at radius 3 is 2.43 bits per heavy atom. The Morgan fingerprint density at radius 1 is 1.14 bits per heavy atom. The minimum atomic E-state index is 0.265. The number of rotatable bonds is 13. The first kappa shape index (κ1) is 18.2. The molecule has 2 unspecified atom stereocenters. The number of nitrogens with one attached hydrogen (secondary N) is 1. The first-order valence-electron chi connectivity index (χ1n) is 8.81. The van der Waals surface area contributed by atoms with Crippen LogP contribution in [0, 0.1) is 0 Å². The maximum atomic E-state index is 9.29. The van der Waals surface area contributed by atoms with Gasteiger partial charge in [-0.1, -0.05) is 38.2 Å². The van der Waals surface area contributed by atoms with E-state index in [2.05, 4.69) is 31.2 Å². The fourth-order valence-electron chi connectivity index (χ4n) is 3.31. The van der Waals surface area contributed by atoms with Crippen LogP contribution in [0.15, 0.2) is 25.1 Å². The van der Waals surface area contributed by atoms with Crippen LogP contribution in [0.25, 0.3) is 0 Å². The molecule has 0 spiro atoms. The highest BCUT2D eigenvalue weighted by atomic mass is 16.3. The molecule has 122 valence electrons. The number of allylic oxidation sites excluding steroid dienone is 1. The van der Waals surface area contributed by atoms with Gasteiger partial charge in [-0.2, -0.15) is 0 Å². The Balaban J connectivity index is 2.08. The first-order chi connectivity index (χ1) is 10.3. The second kappa shape index (κ2) is 10.9. The summed E-state index contributed by atoms with van der Waals surface area (Å²) >= 11 is 0. The minimum Gasteiger partial charge on any atom is -0.390 e. The number of hydrogen-bond acceptors (Lipinski definition) is 2. The molecule has 2 N–H and O–H groups in total. The van der Waals surface area contributed by atoms with Crippen LogP contribution in [-0.4, -0.2) is 35.5 Å². The standard InChI is InChI=1S/C18H35N2O/c1-3-5-6-7-8-9-10-11-12-13-18-19-14-15-20(18,4-2)16-17-21/h3,14-15,18-19,21H,1,4-13,16-17H2,2H3/q+1. The number of quaternary nitrogens is 1. The first-order valence-corrected chi connectivity index (χ1v) is 8.81. The zero-order chi connectivity index (χ0) is 15.4. The molecule has 0 aliphatic carbocycles. The van der Waals surface area contributed by atoms with Gasteiger partial charge in [0.2, 0.25) is 0 Å². The highest BCUT2D eigenvalue weighted by molar-refractivity contribution is 4.84. The van der Waals surface area contributed by atoms with Gasteiger partial charge in [0.25, 0.3) is 0 Å². The third-order valence-corrected chi connectivity index (χ3v) is 4.77. The molecule has 0 bridgehead atoms. The van der Waals surface area contributed by atoms with Crippen molar-refractivity contribution in [2.75, 3.05) is 19.7 Å². The van der Waals surface area contributed by atoms with Crippen LogP contribution < -0.4 is 5.32 Å². The van der Waals surface area contributed by atoms with E-state index in [1.807, 2.05) is 6.08 Å². The van der Waals surface area contributed by atoms with E-state index in [9.17, 15) is 5.11 Å². The van der Waals surface area contributed by atoms with Crippen LogP contribution in [0.1, 0.15) is 64.7 Å². The van der Waals surface area contributed by atoms with Crippen LogP contribution in [0.2, 0.25) is 0 Å².